The van der Waals surface area contributed by atoms with Crippen LogP contribution in [-0.4, -0.2) is 35.4 Å². The van der Waals surface area contributed by atoms with Crippen molar-refractivity contribution in [3.8, 4) is 5.75 Å². The number of primary amides is 1. The molecule has 0 spiro atoms. The molecule has 26 heavy (non-hydrogen) atoms. The predicted octanol–water partition coefficient (Wildman–Crippen LogP) is 2.95. The molecule has 0 unspecified atom stereocenters. The zero-order valence-electron chi connectivity index (χ0n) is 14.9. The van der Waals surface area contributed by atoms with Gasteiger partial charge in [0.2, 0.25) is 5.91 Å². The molecule has 1 aromatic carbocycles. The number of hydrogen-bond donors (Lipinski definition) is 1. The van der Waals surface area contributed by atoms with E-state index >= 15 is 0 Å². The van der Waals surface area contributed by atoms with Gasteiger partial charge in [-0.15, -0.1) is 0 Å². The van der Waals surface area contributed by atoms with Crippen LogP contribution in [0.25, 0.3) is 0 Å². The maximum atomic E-state index is 13.1. The minimum Gasteiger partial charge on any atom is -0.497 e. The third kappa shape index (κ3) is 3.85. The zero-order chi connectivity index (χ0) is 18.5. The first kappa shape index (κ1) is 17.9. The van der Waals surface area contributed by atoms with Crippen LogP contribution in [0.4, 0.5) is 0 Å². The number of aromatic nitrogens is 1. The molecule has 0 radical (unpaired) electrons. The van der Waals surface area contributed by atoms with E-state index in [1.54, 1.807) is 19.2 Å². The molecule has 1 aliphatic rings. The standard InChI is InChI=1S/C20H23N3O3/c1-26-16-9-6-14(7-10-16)18-5-3-2-4-12-23(18)20(25)17-11-8-15(13-22-17)19(21)24/h6-11,13,18H,2-5,12H2,1H3,(H2,21,24)/t18-/m0/s1. The van der Waals surface area contributed by atoms with Crippen LogP contribution in [0.3, 0.4) is 0 Å². The van der Waals surface area contributed by atoms with Crippen molar-refractivity contribution in [3.05, 3.63) is 59.4 Å². The second-order valence-electron chi connectivity index (χ2n) is 6.43. The smallest absolute Gasteiger partial charge is 0.272 e. The van der Waals surface area contributed by atoms with Gasteiger partial charge in [0.1, 0.15) is 11.4 Å². The van der Waals surface area contributed by atoms with Crippen molar-refractivity contribution in [1.29, 1.82) is 0 Å². The van der Waals surface area contributed by atoms with Crippen molar-refractivity contribution in [3.63, 3.8) is 0 Å². The van der Waals surface area contributed by atoms with Gasteiger partial charge in [0.15, 0.2) is 0 Å². The molecule has 1 aliphatic heterocycles. The highest BCUT2D eigenvalue weighted by Crippen LogP contribution is 2.32. The summed E-state index contributed by atoms with van der Waals surface area (Å²) in [5, 5.41) is 0. The molecule has 3 rings (SSSR count). The van der Waals surface area contributed by atoms with E-state index in [1.807, 2.05) is 29.2 Å². The van der Waals surface area contributed by atoms with Gasteiger partial charge in [-0.1, -0.05) is 25.0 Å². The number of ether oxygens (including phenoxy) is 1. The topological polar surface area (TPSA) is 85.5 Å². The molecule has 0 aliphatic carbocycles. The van der Waals surface area contributed by atoms with E-state index in [0.29, 0.717) is 17.8 Å². The quantitative estimate of drug-likeness (QED) is 0.916. The number of methoxy groups -OCH3 is 1. The van der Waals surface area contributed by atoms with Gasteiger partial charge in [-0.3, -0.25) is 14.6 Å². The number of carbonyl (C=O) groups is 2. The lowest BCUT2D eigenvalue weighted by atomic mass is 10.0. The summed E-state index contributed by atoms with van der Waals surface area (Å²) in [6.07, 6.45) is 5.42. The summed E-state index contributed by atoms with van der Waals surface area (Å²) in [5.74, 6) is 0.120. The van der Waals surface area contributed by atoms with E-state index in [1.165, 1.54) is 6.20 Å². The fraction of sp³-hybridized carbons (Fsp3) is 0.350. The number of rotatable bonds is 4. The van der Waals surface area contributed by atoms with Crippen LogP contribution in [0.15, 0.2) is 42.6 Å². The molecule has 6 heteroatoms. The van der Waals surface area contributed by atoms with Crippen LogP contribution in [-0.2, 0) is 0 Å². The lowest BCUT2D eigenvalue weighted by Crippen LogP contribution is -2.35. The van der Waals surface area contributed by atoms with E-state index in [2.05, 4.69) is 4.98 Å². The molecule has 6 nitrogen and oxygen atoms in total. The molecule has 2 aromatic rings. The first-order valence-electron chi connectivity index (χ1n) is 8.81. The lowest BCUT2D eigenvalue weighted by Gasteiger charge is -2.30. The number of pyridine rings is 1. The van der Waals surface area contributed by atoms with Gasteiger partial charge in [0.05, 0.1) is 18.7 Å². The van der Waals surface area contributed by atoms with Crippen molar-refractivity contribution < 1.29 is 14.3 Å². The van der Waals surface area contributed by atoms with Crippen LogP contribution >= 0.6 is 0 Å². The van der Waals surface area contributed by atoms with Crippen LogP contribution in [0.1, 0.15) is 58.1 Å². The van der Waals surface area contributed by atoms with Crippen molar-refractivity contribution in [2.45, 2.75) is 31.7 Å². The van der Waals surface area contributed by atoms with Crippen molar-refractivity contribution in [2.75, 3.05) is 13.7 Å². The lowest BCUT2D eigenvalue weighted by molar-refractivity contribution is 0.0674. The summed E-state index contributed by atoms with van der Waals surface area (Å²) in [7, 11) is 1.64. The average molecular weight is 353 g/mol. The molecule has 2 N–H and O–H groups in total. The Morgan fingerprint density at radius 3 is 2.50 bits per heavy atom. The van der Waals surface area contributed by atoms with Gasteiger partial charge >= 0.3 is 0 Å². The van der Waals surface area contributed by atoms with Crippen LogP contribution in [0, 0.1) is 0 Å². The molecule has 2 amide bonds. The largest absolute Gasteiger partial charge is 0.497 e. The Morgan fingerprint density at radius 2 is 1.88 bits per heavy atom. The highest BCUT2D eigenvalue weighted by atomic mass is 16.5. The Labute approximate surface area is 153 Å². The monoisotopic (exact) mass is 353 g/mol. The van der Waals surface area contributed by atoms with Crippen molar-refractivity contribution in [2.24, 2.45) is 5.73 Å². The minimum absolute atomic E-state index is 0.00789. The molecule has 0 bridgehead atoms. The average Bonchev–Trinajstić information content (AvgIpc) is 2.93. The number of hydrogen-bond acceptors (Lipinski definition) is 4. The van der Waals surface area contributed by atoms with Crippen molar-refractivity contribution >= 4 is 11.8 Å². The third-order valence-electron chi connectivity index (χ3n) is 4.78. The van der Waals surface area contributed by atoms with Crippen molar-refractivity contribution in [1.82, 2.24) is 9.88 Å². The van der Waals surface area contributed by atoms with E-state index in [0.717, 1.165) is 37.0 Å². The van der Waals surface area contributed by atoms with E-state index < -0.39 is 5.91 Å². The number of benzene rings is 1. The SMILES string of the molecule is COc1ccc([C@@H]2CCCCCN2C(=O)c2ccc(C(N)=O)cn2)cc1. The van der Waals surface area contributed by atoms with E-state index in [9.17, 15) is 9.59 Å². The second-order valence-corrected chi connectivity index (χ2v) is 6.43. The Kier molecular flexibility index (Phi) is 5.51. The first-order chi connectivity index (χ1) is 12.6. The molecular formula is C20H23N3O3. The molecule has 1 saturated heterocycles. The fourth-order valence-corrected chi connectivity index (χ4v) is 3.34. The molecule has 1 aromatic heterocycles. The number of nitrogens with two attached hydrogens (primary N) is 1. The van der Waals surface area contributed by atoms with Gasteiger partial charge in [-0.2, -0.15) is 0 Å². The Morgan fingerprint density at radius 1 is 1.12 bits per heavy atom. The van der Waals surface area contributed by atoms with E-state index in [4.69, 9.17) is 10.5 Å². The summed E-state index contributed by atoms with van der Waals surface area (Å²) >= 11 is 0. The van der Waals surface area contributed by atoms with E-state index in [-0.39, 0.29) is 11.9 Å². The minimum atomic E-state index is -0.553. The normalized spacial score (nSPS) is 17.4. The number of nitrogens with zero attached hydrogens (tertiary/aromatic N) is 2. The molecule has 0 saturated carbocycles. The summed E-state index contributed by atoms with van der Waals surface area (Å²) < 4.78 is 5.23. The Hall–Kier alpha value is -2.89. The third-order valence-corrected chi connectivity index (χ3v) is 4.78. The summed E-state index contributed by atoms with van der Waals surface area (Å²) in [4.78, 5) is 30.3. The fourth-order valence-electron chi connectivity index (χ4n) is 3.34. The van der Waals surface area contributed by atoms with Gasteiger partial charge in [0.25, 0.3) is 5.91 Å². The molecule has 2 heterocycles. The Balaban J connectivity index is 1.87. The highest BCUT2D eigenvalue weighted by molar-refractivity contribution is 5.95. The zero-order valence-corrected chi connectivity index (χ0v) is 14.9. The predicted molar refractivity (Wildman–Crippen MR) is 98.0 cm³/mol. The summed E-state index contributed by atoms with van der Waals surface area (Å²) in [6, 6.07) is 11.0. The Bertz CT molecular complexity index is 772. The van der Waals surface area contributed by atoms with Crippen LogP contribution < -0.4 is 10.5 Å². The van der Waals surface area contributed by atoms with Gasteiger partial charge in [-0.05, 0) is 42.7 Å². The molecule has 136 valence electrons. The van der Waals surface area contributed by atoms with Crippen LogP contribution in [0.2, 0.25) is 0 Å². The number of carbonyl (C=O) groups excluding carboxylic acids is 2. The molecule has 1 atom stereocenters. The maximum absolute atomic E-state index is 13.1. The first-order valence-corrected chi connectivity index (χ1v) is 8.81. The summed E-state index contributed by atoms with van der Waals surface area (Å²) in [5.41, 5.74) is 6.96. The van der Waals surface area contributed by atoms with Crippen LogP contribution in [0.5, 0.6) is 5.75 Å². The number of likely N-dealkylation sites (tertiary alicyclic amines) is 1. The number of amides is 2. The maximum Gasteiger partial charge on any atom is 0.272 e. The second kappa shape index (κ2) is 7.99. The summed E-state index contributed by atoms with van der Waals surface area (Å²) in [6.45, 7) is 0.689. The molecule has 1 fully saturated rings. The highest BCUT2D eigenvalue weighted by Gasteiger charge is 2.28. The van der Waals surface area contributed by atoms with Gasteiger partial charge < -0.3 is 15.4 Å². The molecular weight excluding hydrogens is 330 g/mol. The van der Waals surface area contributed by atoms with Gasteiger partial charge in [0, 0.05) is 12.7 Å². The van der Waals surface area contributed by atoms with Gasteiger partial charge in [-0.25, -0.2) is 0 Å².